The van der Waals surface area contributed by atoms with E-state index in [1.807, 2.05) is 55.4 Å². The molecule has 39 heavy (non-hydrogen) atoms. The van der Waals surface area contributed by atoms with Crippen molar-refractivity contribution < 1.29 is 14.3 Å². The van der Waals surface area contributed by atoms with Gasteiger partial charge in [0, 0.05) is 62.4 Å². The zero-order valence-corrected chi connectivity index (χ0v) is 24.1. The molecule has 7 nitrogen and oxygen atoms in total. The van der Waals surface area contributed by atoms with Crippen LogP contribution in [0.1, 0.15) is 63.4 Å². The number of carbonyl (C=O) groups excluding carboxylic acids is 2. The Labute approximate surface area is 237 Å². The Morgan fingerprint density at radius 3 is 2.18 bits per heavy atom. The molecule has 3 heterocycles. The number of halogens is 1. The van der Waals surface area contributed by atoms with E-state index in [2.05, 4.69) is 29.3 Å². The highest BCUT2D eigenvalue weighted by Gasteiger charge is 2.44. The van der Waals surface area contributed by atoms with E-state index in [4.69, 9.17) is 16.3 Å². The maximum absolute atomic E-state index is 12.9. The van der Waals surface area contributed by atoms with Gasteiger partial charge in [0.2, 0.25) is 5.91 Å². The molecule has 0 aromatic heterocycles. The lowest BCUT2D eigenvalue weighted by Gasteiger charge is -2.42. The predicted molar refractivity (Wildman–Crippen MR) is 156 cm³/mol. The van der Waals surface area contributed by atoms with Gasteiger partial charge < -0.3 is 19.9 Å². The fraction of sp³-hybridized carbons (Fsp3) is 0.548. The van der Waals surface area contributed by atoms with Gasteiger partial charge in [0.1, 0.15) is 11.9 Å². The van der Waals surface area contributed by atoms with Crippen LogP contribution in [0, 0.1) is 0 Å². The van der Waals surface area contributed by atoms with E-state index < -0.39 is 0 Å². The summed E-state index contributed by atoms with van der Waals surface area (Å²) in [6.07, 6.45) is 6.97. The summed E-state index contributed by atoms with van der Waals surface area (Å²) in [5, 5.41) is 3.80. The number of anilines is 1. The van der Waals surface area contributed by atoms with Gasteiger partial charge in [-0.05, 0) is 93.3 Å². The number of carbonyl (C=O) groups is 2. The first kappa shape index (κ1) is 27.8. The van der Waals surface area contributed by atoms with Gasteiger partial charge in [0.15, 0.2) is 0 Å². The van der Waals surface area contributed by atoms with Gasteiger partial charge in [-0.1, -0.05) is 23.7 Å². The minimum absolute atomic E-state index is 0.0518. The van der Waals surface area contributed by atoms with Crippen LogP contribution < -0.4 is 10.1 Å². The Kier molecular flexibility index (Phi) is 8.67. The van der Waals surface area contributed by atoms with Crippen molar-refractivity contribution in [3.05, 3.63) is 59.1 Å². The fourth-order valence-corrected chi connectivity index (χ4v) is 6.81. The SMILES string of the molecule is CC(CC(=O)N(C)C)N1[C@@H]2CC[C@H]1CC(Oc1ccc(NC(=O)N3CCC(c4ccc(Cl)cc4)CC3)cc1)C2. The zero-order chi connectivity index (χ0) is 27.5. The van der Waals surface area contributed by atoms with E-state index in [-0.39, 0.29) is 24.1 Å². The second kappa shape index (κ2) is 12.2. The summed E-state index contributed by atoms with van der Waals surface area (Å²) in [4.78, 5) is 31.3. The smallest absolute Gasteiger partial charge is 0.321 e. The van der Waals surface area contributed by atoms with Gasteiger partial charge in [-0.15, -0.1) is 0 Å². The van der Waals surface area contributed by atoms with Crippen LogP contribution in [-0.2, 0) is 4.79 Å². The van der Waals surface area contributed by atoms with Crippen LogP contribution >= 0.6 is 11.6 Å². The third-order valence-electron chi connectivity index (χ3n) is 8.76. The fourth-order valence-electron chi connectivity index (χ4n) is 6.68. The zero-order valence-electron chi connectivity index (χ0n) is 23.3. The van der Waals surface area contributed by atoms with E-state index >= 15 is 0 Å². The first-order chi connectivity index (χ1) is 18.8. The topological polar surface area (TPSA) is 65.1 Å². The molecule has 210 valence electrons. The Morgan fingerprint density at radius 2 is 1.59 bits per heavy atom. The summed E-state index contributed by atoms with van der Waals surface area (Å²) in [6.45, 7) is 3.66. The van der Waals surface area contributed by atoms with Crippen molar-refractivity contribution in [2.24, 2.45) is 0 Å². The van der Waals surface area contributed by atoms with E-state index in [0.717, 1.165) is 55.2 Å². The summed E-state index contributed by atoms with van der Waals surface area (Å²) in [5.74, 6) is 1.49. The molecular formula is C31H41ClN4O3. The molecule has 1 N–H and O–H groups in total. The molecule has 8 heteroatoms. The summed E-state index contributed by atoms with van der Waals surface area (Å²) in [6, 6.07) is 17.0. The second-order valence-electron chi connectivity index (χ2n) is 11.7. The number of hydrogen-bond donors (Lipinski definition) is 1. The maximum Gasteiger partial charge on any atom is 0.321 e. The van der Waals surface area contributed by atoms with Crippen LogP contribution in [-0.4, -0.2) is 78.1 Å². The number of amides is 3. The number of rotatable bonds is 7. The highest BCUT2D eigenvalue weighted by Crippen LogP contribution is 2.39. The number of hydrogen-bond acceptors (Lipinski definition) is 4. The van der Waals surface area contributed by atoms with Crippen LogP contribution in [0.15, 0.2) is 48.5 Å². The predicted octanol–water partition coefficient (Wildman–Crippen LogP) is 5.99. The minimum Gasteiger partial charge on any atom is -0.490 e. The van der Waals surface area contributed by atoms with Crippen LogP contribution in [0.4, 0.5) is 10.5 Å². The molecule has 0 radical (unpaired) electrons. The van der Waals surface area contributed by atoms with Crippen LogP contribution in [0.25, 0.3) is 0 Å². The number of nitrogens with zero attached hydrogens (tertiary/aromatic N) is 3. The van der Waals surface area contributed by atoms with Gasteiger partial charge >= 0.3 is 6.03 Å². The van der Waals surface area contributed by atoms with Gasteiger partial charge in [0.05, 0.1) is 0 Å². The minimum atomic E-state index is -0.0518. The Bertz CT molecular complexity index is 1120. The molecule has 0 saturated carbocycles. The van der Waals surface area contributed by atoms with Crippen molar-refractivity contribution in [1.29, 1.82) is 0 Å². The standard InChI is InChI=1S/C31H41ClN4O3/c1-21(18-30(37)34(2)3)36-26-10-11-27(36)20-29(19-26)39-28-12-8-25(9-13-28)33-31(38)35-16-14-23(15-17-35)22-4-6-24(32)7-5-22/h4-9,12-13,21,23,26-27,29H,10-11,14-20H2,1-3H3,(H,33,38)/t21?,26-,27+,29?. The molecule has 0 spiro atoms. The van der Waals surface area contributed by atoms with E-state index in [1.165, 1.54) is 18.4 Å². The van der Waals surface area contributed by atoms with Crippen molar-refractivity contribution in [3.8, 4) is 5.75 Å². The lowest BCUT2D eigenvalue weighted by atomic mass is 9.89. The number of likely N-dealkylation sites (tertiary alicyclic amines) is 1. The molecule has 2 bridgehead atoms. The highest BCUT2D eigenvalue weighted by atomic mass is 35.5. The molecule has 3 amide bonds. The highest BCUT2D eigenvalue weighted by molar-refractivity contribution is 6.30. The Hall–Kier alpha value is -2.77. The molecular weight excluding hydrogens is 512 g/mol. The average molecular weight is 553 g/mol. The number of fused-ring (bicyclic) bond motifs is 2. The Morgan fingerprint density at radius 1 is 0.974 bits per heavy atom. The van der Waals surface area contributed by atoms with Crippen molar-refractivity contribution in [2.75, 3.05) is 32.5 Å². The van der Waals surface area contributed by atoms with Gasteiger partial charge in [-0.25, -0.2) is 4.79 Å². The van der Waals surface area contributed by atoms with Crippen LogP contribution in [0.2, 0.25) is 5.02 Å². The molecule has 3 saturated heterocycles. The second-order valence-corrected chi connectivity index (χ2v) is 12.1. The number of piperidine rings is 2. The lowest BCUT2D eigenvalue weighted by molar-refractivity contribution is -0.130. The molecule has 2 aromatic rings. The van der Waals surface area contributed by atoms with Crippen molar-refractivity contribution in [3.63, 3.8) is 0 Å². The lowest BCUT2D eigenvalue weighted by Crippen LogP contribution is -2.51. The normalized spacial score (nSPS) is 24.3. The van der Waals surface area contributed by atoms with Crippen LogP contribution in [0.5, 0.6) is 5.75 Å². The molecule has 3 aliphatic heterocycles. The van der Waals surface area contributed by atoms with Gasteiger partial charge in [-0.3, -0.25) is 9.69 Å². The van der Waals surface area contributed by atoms with Crippen molar-refractivity contribution in [2.45, 2.75) is 82.0 Å². The molecule has 0 aliphatic carbocycles. The summed E-state index contributed by atoms with van der Waals surface area (Å²) < 4.78 is 6.39. The van der Waals surface area contributed by atoms with E-state index in [1.54, 1.807) is 4.90 Å². The quantitative estimate of drug-likeness (QED) is 0.458. The Balaban J connectivity index is 1.08. The van der Waals surface area contributed by atoms with Gasteiger partial charge in [-0.2, -0.15) is 0 Å². The molecule has 2 unspecified atom stereocenters. The first-order valence-electron chi connectivity index (χ1n) is 14.3. The molecule has 2 aromatic carbocycles. The molecule has 3 aliphatic rings. The average Bonchev–Trinajstić information content (AvgIpc) is 3.20. The number of nitrogens with one attached hydrogen (secondary N) is 1. The monoisotopic (exact) mass is 552 g/mol. The number of urea groups is 1. The summed E-state index contributed by atoms with van der Waals surface area (Å²) >= 11 is 6.02. The van der Waals surface area contributed by atoms with E-state index in [0.29, 0.717) is 24.4 Å². The maximum atomic E-state index is 12.9. The van der Waals surface area contributed by atoms with Crippen molar-refractivity contribution in [1.82, 2.24) is 14.7 Å². The van der Waals surface area contributed by atoms with E-state index in [9.17, 15) is 9.59 Å². The third kappa shape index (κ3) is 6.69. The molecule has 4 atom stereocenters. The number of ether oxygens (including phenoxy) is 1. The van der Waals surface area contributed by atoms with Crippen molar-refractivity contribution >= 4 is 29.2 Å². The molecule has 3 fully saturated rings. The summed E-state index contributed by atoms with van der Waals surface area (Å²) in [5.41, 5.74) is 2.07. The first-order valence-corrected chi connectivity index (χ1v) is 14.7. The molecule has 5 rings (SSSR count). The largest absolute Gasteiger partial charge is 0.490 e. The van der Waals surface area contributed by atoms with Gasteiger partial charge in [0.25, 0.3) is 0 Å². The third-order valence-corrected chi connectivity index (χ3v) is 9.01. The summed E-state index contributed by atoms with van der Waals surface area (Å²) in [7, 11) is 3.65. The number of benzene rings is 2. The van der Waals surface area contributed by atoms with Crippen LogP contribution in [0.3, 0.4) is 0 Å².